The van der Waals surface area contributed by atoms with Gasteiger partial charge in [-0.15, -0.1) is 0 Å². The molecule has 0 bridgehead atoms. The fraction of sp³-hybridized carbons (Fsp3) is 0.130. The first kappa shape index (κ1) is 16.1. The molecular formula is C23H22OSi. The predicted octanol–water partition coefficient (Wildman–Crippen LogP) is 4.31. The van der Waals surface area contributed by atoms with Crippen LogP contribution < -0.4 is 10.4 Å². The van der Waals surface area contributed by atoms with Crippen LogP contribution in [0.4, 0.5) is 0 Å². The van der Waals surface area contributed by atoms with Crippen LogP contribution in [0.3, 0.4) is 0 Å². The second kappa shape index (κ2) is 6.14. The van der Waals surface area contributed by atoms with Gasteiger partial charge >= 0.3 is 0 Å². The van der Waals surface area contributed by atoms with Crippen LogP contribution in [-0.2, 0) is 6.61 Å². The largest absolute Gasteiger partial charge is 0.392 e. The maximum absolute atomic E-state index is 9.84. The summed E-state index contributed by atoms with van der Waals surface area (Å²) in [5.74, 6) is 0. The smallest absolute Gasteiger partial charge is 0.113 e. The van der Waals surface area contributed by atoms with Crippen LogP contribution in [0, 0.1) is 0 Å². The highest BCUT2D eigenvalue weighted by Gasteiger charge is 2.30. The molecule has 4 aromatic rings. The molecule has 0 aliphatic heterocycles. The van der Waals surface area contributed by atoms with Gasteiger partial charge in [0.2, 0.25) is 0 Å². The van der Waals surface area contributed by atoms with Crippen LogP contribution in [0.2, 0.25) is 13.1 Å². The zero-order valence-corrected chi connectivity index (χ0v) is 15.7. The van der Waals surface area contributed by atoms with Gasteiger partial charge < -0.3 is 5.11 Å². The Labute approximate surface area is 149 Å². The second-order valence-electron chi connectivity index (χ2n) is 7.13. The maximum Gasteiger partial charge on any atom is 0.113 e. The van der Waals surface area contributed by atoms with Gasteiger partial charge in [0.05, 0.1) is 6.61 Å². The maximum atomic E-state index is 9.84. The number of aliphatic hydroxyl groups excluding tert-OH is 1. The molecule has 0 unspecified atom stereocenters. The van der Waals surface area contributed by atoms with Gasteiger partial charge in [-0.3, -0.25) is 0 Å². The van der Waals surface area contributed by atoms with Gasteiger partial charge in [0, 0.05) is 0 Å². The fourth-order valence-corrected chi connectivity index (χ4v) is 7.16. The van der Waals surface area contributed by atoms with E-state index in [1.165, 1.54) is 31.9 Å². The normalized spacial score (nSPS) is 12.0. The first-order valence-electron chi connectivity index (χ1n) is 8.73. The van der Waals surface area contributed by atoms with Gasteiger partial charge in [0.25, 0.3) is 0 Å². The lowest BCUT2D eigenvalue weighted by atomic mass is 10.0. The predicted molar refractivity (Wildman–Crippen MR) is 111 cm³/mol. The van der Waals surface area contributed by atoms with E-state index in [4.69, 9.17) is 0 Å². The summed E-state index contributed by atoms with van der Waals surface area (Å²) in [4.78, 5) is 0. The number of hydrogen-bond acceptors (Lipinski definition) is 1. The third-order valence-corrected chi connectivity index (χ3v) is 8.90. The van der Waals surface area contributed by atoms with Crippen LogP contribution in [0.15, 0.2) is 78.9 Å². The molecule has 0 saturated heterocycles. The topological polar surface area (TPSA) is 20.2 Å². The summed E-state index contributed by atoms with van der Waals surface area (Å²) in [5, 5.41) is 17.8. The average molecular weight is 343 g/mol. The minimum atomic E-state index is -1.96. The second-order valence-corrected chi connectivity index (χ2v) is 11.5. The lowest BCUT2D eigenvalue weighted by molar-refractivity contribution is 0.283. The van der Waals surface area contributed by atoms with Crippen molar-refractivity contribution in [2.45, 2.75) is 19.7 Å². The van der Waals surface area contributed by atoms with E-state index in [0.717, 1.165) is 5.56 Å². The Hall–Kier alpha value is -2.42. The fourth-order valence-electron chi connectivity index (χ4n) is 3.98. The molecule has 0 heterocycles. The number of hydrogen-bond donors (Lipinski definition) is 1. The van der Waals surface area contributed by atoms with Crippen molar-refractivity contribution in [3.63, 3.8) is 0 Å². The van der Waals surface area contributed by atoms with E-state index in [-0.39, 0.29) is 6.61 Å². The molecule has 2 heteroatoms. The summed E-state index contributed by atoms with van der Waals surface area (Å²) in [6, 6.07) is 28.1. The van der Waals surface area contributed by atoms with Gasteiger partial charge in [0.15, 0.2) is 0 Å². The SMILES string of the molecule is C[Si](C)(c1ccccc1CO)c1cc2ccccc2c2ccccc12. The summed E-state index contributed by atoms with van der Waals surface area (Å²) in [7, 11) is -1.96. The van der Waals surface area contributed by atoms with Gasteiger partial charge in [0.1, 0.15) is 8.07 Å². The molecule has 0 aromatic heterocycles. The Morgan fingerprint density at radius 1 is 0.680 bits per heavy atom. The molecule has 124 valence electrons. The van der Waals surface area contributed by atoms with Crippen molar-refractivity contribution in [3.05, 3.63) is 84.4 Å². The van der Waals surface area contributed by atoms with Crippen molar-refractivity contribution in [3.8, 4) is 0 Å². The zero-order valence-electron chi connectivity index (χ0n) is 14.7. The number of benzene rings is 4. The van der Waals surface area contributed by atoms with Crippen LogP contribution >= 0.6 is 0 Å². The summed E-state index contributed by atoms with van der Waals surface area (Å²) in [6.07, 6.45) is 0. The Balaban J connectivity index is 2.08. The highest BCUT2D eigenvalue weighted by molar-refractivity contribution is 7.02. The summed E-state index contributed by atoms with van der Waals surface area (Å²) >= 11 is 0. The summed E-state index contributed by atoms with van der Waals surface area (Å²) in [6.45, 7) is 4.87. The Bertz CT molecular complexity index is 1070. The molecule has 0 aliphatic carbocycles. The molecular weight excluding hydrogens is 320 g/mol. The van der Waals surface area contributed by atoms with E-state index in [1.807, 2.05) is 12.1 Å². The van der Waals surface area contributed by atoms with Crippen molar-refractivity contribution < 1.29 is 5.11 Å². The molecule has 0 fully saturated rings. The van der Waals surface area contributed by atoms with Gasteiger partial charge in [-0.2, -0.15) is 0 Å². The molecule has 0 saturated carbocycles. The lowest BCUT2D eigenvalue weighted by Crippen LogP contribution is -2.54. The van der Waals surface area contributed by atoms with Gasteiger partial charge in [-0.25, -0.2) is 0 Å². The van der Waals surface area contributed by atoms with Crippen molar-refractivity contribution in [1.82, 2.24) is 0 Å². The molecule has 0 radical (unpaired) electrons. The lowest BCUT2D eigenvalue weighted by Gasteiger charge is -2.28. The van der Waals surface area contributed by atoms with Gasteiger partial charge in [-0.1, -0.05) is 92.0 Å². The number of rotatable bonds is 3. The Morgan fingerprint density at radius 2 is 1.28 bits per heavy atom. The first-order chi connectivity index (χ1) is 12.1. The van der Waals surface area contributed by atoms with E-state index in [2.05, 4.69) is 79.8 Å². The van der Waals surface area contributed by atoms with Crippen LogP contribution in [0.5, 0.6) is 0 Å². The first-order valence-corrected chi connectivity index (χ1v) is 11.7. The van der Waals surface area contributed by atoms with Crippen molar-refractivity contribution in [2.24, 2.45) is 0 Å². The van der Waals surface area contributed by atoms with E-state index in [1.54, 1.807) is 0 Å². The molecule has 0 aliphatic rings. The van der Waals surface area contributed by atoms with Crippen LogP contribution in [0.25, 0.3) is 21.5 Å². The monoisotopic (exact) mass is 342 g/mol. The minimum absolute atomic E-state index is 0.0954. The van der Waals surface area contributed by atoms with E-state index < -0.39 is 8.07 Å². The average Bonchev–Trinajstić information content (AvgIpc) is 2.67. The number of fused-ring (bicyclic) bond motifs is 3. The van der Waals surface area contributed by atoms with Crippen molar-refractivity contribution in [2.75, 3.05) is 0 Å². The summed E-state index contributed by atoms with van der Waals surface area (Å²) in [5.41, 5.74) is 1.05. The quantitative estimate of drug-likeness (QED) is 0.434. The Morgan fingerprint density at radius 3 is 2.04 bits per heavy atom. The van der Waals surface area contributed by atoms with Gasteiger partial charge in [-0.05, 0) is 37.5 Å². The third kappa shape index (κ3) is 2.58. The van der Waals surface area contributed by atoms with E-state index >= 15 is 0 Å². The van der Waals surface area contributed by atoms with E-state index in [9.17, 15) is 5.11 Å². The molecule has 0 spiro atoms. The van der Waals surface area contributed by atoms with Crippen LogP contribution in [0.1, 0.15) is 5.56 Å². The molecule has 0 atom stereocenters. The van der Waals surface area contributed by atoms with E-state index in [0.29, 0.717) is 0 Å². The number of aliphatic hydroxyl groups is 1. The molecule has 0 amide bonds. The van der Waals surface area contributed by atoms with Crippen LogP contribution in [-0.4, -0.2) is 13.2 Å². The highest BCUT2D eigenvalue weighted by Crippen LogP contribution is 2.26. The third-order valence-electron chi connectivity index (χ3n) is 5.30. The molecule has 25 heavy (non-hydrogen) atoms. The molecule has 4 aromatic carbocycles. The summed E-state index contributed by atoms with van der Waals surface area (Å²) < 4.78 is 0. The molecule has 4 rings (SSSR count). The Kier molecular flexibility index (Phi) is 3.95. The standard InChI is InChI=1S/C23H22OSi/c1-25(2,22-14-8-4-10-18(22)16-24)23-15-17-9-3-5-11-19(17)20-12-6-7-13-21(20)23/h3-15,24H,16H2,1-2H3. The molecule has 1 N–H and O–H groups in total. The van der Waals surface area contributed by atoms with Crippen molar-refractivity contribution >= 4 is 40.0 Å². The highest BCUT2D eigenvalue weighted by atomic mass is 28.3. The molecule has 1 nitrogen and oxygen atoms in total. The van der Waals surface area contributed by atoms with Crippen molar-refractivity contribution in [1.29, 1.82) is 0 Å². The minimum Gasteiger partial charge on any atom is -0.392 e. The zero-order chi connectivity index (χ0) is 17.4.